The highest BCUT2D eigenvalue weighted by Crippen LogP contribution is 2.15. The third kappa shape index (κ3) is 3.88. The maximum absolute atomic E-state index is 3.63. The van der Waals surface area contributed by atoms with Gasteiger partial charge in [0.25, 0.3) is 0 Å². The molecule has 2 nitrogen and oxygen atoms in total. The molecule has 1 aromatic heterocycles. The van der Waals surface area contributed by atoms with Gasteiger partial charge in [-0.05, 0) is 45.7 Å². The van der Waals surface area contributed by atoms with E-state index in [2.05, 4.69) is 50.6 Å². The molecule has 2 heteroatoms. The van der Waals surface area contributed by atoms with Crippen LogP contribution in [0, 0.1) is 13.8 Å². The zero-order chi connectivity index (χ0) is 12.8. The molecule has 1 rings (SSSR count). The summed E-state index contributed by atoms with van der Waals surface area (Å²) in [5, 5.41) is 3.63. The van der Waals surface area contributed by atoms with Crippen LogP contribution < -0.4 is 5.32 Å². The van der Waals surface area contributed by atoms with Gasteiger partial charge < -0.3 is 9.88 Å². The molecule has 0 spiro atoms. The number of unbranched alkanes of at least 4 members (excludes halogenated alkanes) is 1. The maximum Gasteiger partial charge on any atom is 0.0225 e. The van der Waals surface area contributed by atoms with E-state index >= 15 is 0 Å². The van der Waals surface area contributed by atoms with Crippen molar-refractivity contribution >= 4 is 0 Å². The van der Waals surface area contributed by atoms with E-state index in [0.717, 1.165) is 13.1 Å². The van der Waals surface area contributed by atoms with Crippen molar-refractivity contribution in [1.82, 2.24) is 9.88 Å². The summed E-state index contributed by atoms with van der Waals surface area (Å²) >= 11 is 0. The molecule has 98 valence electrons. The molecule has 0 saturated carbocycles. The third-order valence-electron chi connectivity index (χ3n) is 3.63. The molecule has 0 amide bonds. The molecule has 0 saturated heterocycles. The summed E-state index contributed by atoms with van der Waals surface area (Å²) in [5.41, 5.74) is 4.25. The smallest absolute Gasteiger partial charge is 0.0225 e. The second kappa shape index (κ2) is 6.85. The van der Waals surface area contributed by atoms with Gasteiger partial charge in [-0.3, -0.25) is 0 Å². The zero-order valence-corrected chi connectivity index (χ0v) is 12.1. The van der Waals surface area contributed by atoms with Gasteiger partial charge in [-0.2, -0.15) is 0 Å². The number of hydrogen-bond donors (Lipinski definition) is 1. The van der Waals surface area contributed by atoms with Crippen molar-refractivity contribution in [1.29, 1.82) is 0 Å². The molecule has 0 aromatic carbocycles. The van der Waals surface area contributed by atoms with Crippen LogP contribution in [0.25, 0.3) is 0 Å². The molecule has 0 fully saturated rings. The van der Waals surface area contributed by atoms with Crippen molar-refractivity contribution in [3.8, 4) is 0 Å². The number of nitrogens with one attached hydrogen (secondary N) is 1. The Morgan fingerprint density at radius 3 is 2.53 bits per heavy atom. The Balaban J connectivity index is 2.52. The molecule has 0 bridgehead atoms. The van der Waals surface area contributed by atoms with Gasteiger partial charge in [-0.1, -0.05) is 19.8 Å². The highest BCUT2D eigenvalue weighted by atomic mass is 15.0. The van der Waals surface area contributed by atoms with Gasteiger partial charge in [0.05, 0.1) is 0 Å². The molecule has 1 heterocycles. The van der Waals surface area contributed by atoms with E-state index in [0.29, 0.717) is 6.04 Å². The monoisotopic (exact) mass is 236 g/mol. The fourth-order valence-corrected chi connectivity index (χ4v) is 2.43. The second-order valence-corrected chi connectivity index (χ2v) is 5.06. The van der Waals surface area contributed by atoms with Gasteiger partial charge in [0.2, 0.25) is 0 Å². The third-order valence-corrected chi connectivity index (χ3v) is 3.63. The molecule has 1 atom stereocenters. The Hall–Kier alpha value is -0.760. The van der Waals surface area contributed by atoms with Crippen molar-refractivity contribution in [2.75, 3.05) is 0 Å². The lowest BCUT2D eigenvalue weighted by Crippen LogP contribution is -2.25. The molecule has 0 aliphatic carbocycles. The van der Waals surface area contributed by atoms with Crippen LogP contribution in [0.2, 0.25) is 0 Å². The fourth-order valence-electron chi connectivity index (χ4n) is 2.43. The van der Waals surface area contributed by atoms with Gasteiger partial charge in [0.15, 0.2) is 0 Å². The Morgan fingerprint density at radius 1 is 1.29 bits per heavy atom. The van der Waals surface area contributed by atoms with Gasteiger partial charge in [0.1, 0.15) is 0 Å². The zero-order valence-electron chi connectivity index (χ0n) is 12.1. The van der Waals surface area contributed by atoms with Crippen molar-refractivity contribution in [2.24, 2.45) is 0 Å². The fraction of sp³-hybridized carbons (Fsp3) is 0.733. The van der Waals surface area contributed by atoms with Crippen LogP contribution >= 0.6 is 0 Å². The van der Waals surface area contributed by atoms with Gasteiger partial charge >= 0.3 is 0 Å². The number of rotatable bonds is 7. The van der Waals surface area contributed by atoms with Crippen LogP contribution in [0.4, 0.5) is 0 Å². The molecule has 1 unspecified atom stereocenters. The molecule has 1 aromatic rings. The summed E-state index contributed by atoms with van der Waals surface area (Å²) in [5.74, 6) is 0. The first-order valence-corrected chi connectivity index (χ1v) is 6.99. The molecule has 0 aliphatic heterocycles. The number of aromatic nitrogens is 1. The first kappa shape index (κ1) is 14.3. The van der Waals surface area contributed by atoms with Crippen LogP contribution in [0.15, 0.2) is 6.07 Å². The molecule has 0 aliphatic rings. The van der Waals surface area contributed by atoms with Gasteiger partial charge in [-0.25, -0.2) is 0 Å². The second-order valence-electron chi connectivity index (χ2n) is 5.06. The highest BCUT2D eigenvalue weighted by Gasteiger charge is 2.08. The van der Waals surface area contributed by atoms with E-state index in [1.807, 2.05) is 0 Å². The number of hydrogen-bond acceptors (Lipinski definition) is 1. The quantitative estimate of drug-likeness (QED) is 0.762. The summed E-state index contributed by atoms with van der Waals surface area (Å²) < 4.78 is 2.38. The van der Waals surface area contributed by atoms with Crippen molar-refractivity contribution in [3.05, 3.63) is 23.0 Å². The highest BCUT2D eigenvalue weighted by molar-refractivity contribution is 5.26. The summed E-state index contributed by atoms with van der Waals surface area (Å²) in [6.45, 7) is 13.2. The van der Waals surface area contributed by atoms with Crippen molar-refractivity contribution in [3.63, 3.8) is 0 Å². The largest absolute Gasteiger partial charge is 0.349 e. The number of aryl methyl sites for hydroxylation is 1. The summed E-state index contributed by atoms with van der Waals surface area (Å²) in [7, 11) is 0. The SMILES string of the molecule is CCCCC(C)NCc1cc(C)n(CC)c1C. The first-order valence-electron chi connectivity index (χ1n) is 6.99. The Bertz CT molecular complexity index is 339. The summed E-state index contributed by atoms with van der Waals surface area (Å²) in [4.78, 5) is 0. The molecular weight excluding hydrogens is 208 g/mol. The van der Waals surface area contributed by atoms with Crippen LogP contribution in [-0.2, 0) is 13.1 Å². The van der Waals surface area contributed by atoms with E-state index in [1.165, 1.54) is 36.2 Å². The van der Waals surface area contributed by atoms with E-state index in [4.69, 9.17) is 0 Å². The van der Waals surface area contributed by atoms with Crippen LogP contribution in [0.3, 0.4) is 0 Å². The van der Waals surface area contributed by atoms with Crippen LogP contribution in [-0.4, -0.2) is 10.6 Å². The lowest BCUT2D eigenvalue weighted by molar-refractivity contribution is 0.494. The van der Waals surface area contributed by atoms with E-state index < -0.39 is 0 Å². The average Bonchev–Trinajstić information content (AvgIpc) is 2.58. The Kier molecular flexibility index (Phi) is 5.76. The molecule has 0 radical (unpaired) electrons. The normalized spacial score (nSPS) is 13.0. The number of nitrogens with zero attached hydrogens (tertiary/aromatic N) is 1. The predicted molar refractivity (Wildman–Crippen MR) is 75.4 cm³/mol. The van der Waals surface area contributed by atoms with E-state index in [-0.39, 0.29) is 0 Å². The van der Waals surface area contributed by atoms with Gasteiger partial charge in [0, 0.05) is 30.5 Å². The Morgan fingerprint density at radius 2 is 2.00 bits per heavy atom. The van der Waals surface area contributed by atoms with E-state index in [1.54, 1.807) is 0 Å². The first-order chi connectivity index (χ1) is 8.10. The average molecular weight is 236 g/mol. The lowest BCUT2D eigenvalue weighted by atomic mass is 10.1. The lowest BCUT2D eigenvalue weighted by Gasteiger charge is -2.13. The van der Waals surface area contributed by atoms with Crippen LogP contribution in [0.5, 0.6) is 0 Å². The maximum atomic E-state index is 3.63. The topological polar surface area (TPSA) is 17.0 Å². The summed E-state index contributed by atoms with van der Waals surface area (Å²) in [6, 6.07) is 2.94. The standard InChI is InChI=1S/C15H28N2/c1-6-8-9-12(3)16-11-15-10-13(4)17(7-2)14(15)5/h10,12,16H,6-9,11H2,1-5H3. The minimum Gasteiger partial charge on any atom is -0.349 e. The molecule has 17 heavy (non-hydrogen) atoms. The minimum absolute atomic E-state index is 0.625. The van der Waals surface area contributed by atoms with Crippen molar-refractivity contribution < 1.29 is 0 Å². The predicted octanol–water partition coefficient (Wildman–Crippen LogP) is 3.79. The summed E-state index contributed by atoms with van der Waals surface area (Å²) in [6.07, 6.45) is 3.89. The van der Waals surface area contributed by atoms with Crippen molar-refractivity contribution in [2.45, 2.75) is 73.0 Å². The Labute approximate surface area is 106 Å². The van der Waals surface area contributed by atoms with E-state index in [9.17, 15) is 0 Å². The van der Waals surface area contributed by atoms with Gasteiger partial charge in [-0.15, -0.1) is 0 Å². The van der Waals surface area contributed by atoms with Crippen LogP contribution in [0.1, 0.15) is 57.0 Å². The minimum atomic E-state index is 0.625. The molecule has 1 N–H and O–H groups in total. The molecular formula is C15H28N2.